The third-order valence-electron chi connectivity index (χ3n) is 4.86. The minimum atomic E-state index is -3.65. The maximum absolute atomic E-state index is 14.5. The van der Waals surface area contributed by atoms with E-state index in [0.717, 1.165) is 13.8 Å². The summed E-state index contributed by atoms with van der Waals surface area (Å²) in [5.41, 5.74) is -0.873. The summed E-state index contributed by atoms with van der Waals surface area (Å²) in [7, 11) is -3.65. The first-order chi connectivity index (χ1) is 14.0. The first-order valence-electron chi connectivity index (χ1n) is 9.42. The number of carbonyl (C=O) groups excluding carboxylic acids is 4. The van der Waals surface area contributed by atoms with Gasteiger partial charge in [-0.25, -0.2) is 0 Å². The third-order valence-corrected chi connectivity index (χ3v) is 8.66. The highest BCUT2D eigenvalue weighted by Crippen LogP contribution is 2.61. The van der Waals surface area contributed by atoms with Gasteiger partial charge in [-0.05, 0) is 0 Å². The zero-order chi connectivity index (χ0) is 22.6. The van der Waals surface area contributed by atoms with Gasteiger partial charge in [-0.15, -0.1) is 0 Å². The van der Waals surface area contributed by atoms with Gasteiger partial charge in [0.15, 0.2) is 25.2 Å². The topological polar surface area (TPSA) is 125 Å². The fourth-order valence-electron chi connectivity index (χ4n) is 3.77. The van der Waals surface area contributed by atoms with Crippen LogP contribution in [0.5, 0.6) is 0 Å². The predicted molar refractivity (Wildman–Crippen MR) is 107 cm³/mol. The number of ether oxygens (including phenoxy) is 3. The van der Waals surface area contributed by atoms with E-state index in [1.807, 2.05) is 0 Å². The number of carbonyl (C=O) groups is 4. The van der Waals surface area contributed by atoms with Crippen LogP contribution in [0.1, 0.15) is 34.6 Å². The molecule has 1 N–H and O–H groups in total. The molecule has 0 bridgehead atoms. The summed E-state index contributed by atoms with van der Waals surface area (Å²) in [4.78, 5) is 47.4. The van der Waals surface area contributed by atoms with Gasteiger partial charge < -0.3 is 24.1 Å². The van der Waals surface area contributed by atoms with Crippen molar-refractivity contribution in [2.24, 2.45) is 0 Å². The number of amides is 1. The molecular weight excluding hydrogens is 413 g/mol. The molecule has 10 heteroatoms. The van der Waals surface area contributed by atoms with E-state index in [9.17, 15) is 23.7 Å². The first kappa shape index (κ1) is 23.6. The number of rotatable bonds is 5. The maximum atomic E-state index is 14.5. The standard InChI is InChI=1S/C20H26NO8P/c1-11-18(27-13(3)23)19(28-14(4)24)17(21-12(2)22)20(29-15(5)25)30(11,26)16-9-7-6-8-10-16/h6-11,17-20H,1-5H3,(H,21,22)/t11-,17+,18-,19+,20-,30+/m1/s1. The Labute approximate surface area is 174 Å². The molecule has 1 aromatic rings. The Morgan fingerprint density at radius 2 is 1.33 bits per heavy atom. The lowest BCUT2D eigenvalue weighted by Gasteiger charge is -2.48. The van der Waals surface area contributed by atoms with Crippen molar-refractivity contribution >= 4 is 36.3 Å². The SMILES string of the molecule is CC(=O)N[C@H]1[C@H](OC(C)=O)[C@H](OC(C)=O)[C@@H](C)[P@](=O)(c2ccccc2)[C@H]1OC(C)=O. The zero-order valence-electron chi connectivity index (χ0n) is 17.5. The molecule has 0 spiro atoms. The van der Waals surface area contributed by atoms with Crippen molar-refractivity contribution in [3.05, 3.63) is 30.3 Å². The van der Waals surface area contributed by atoms with Crippen LogP contribution in [0.25, 0.3) is 0 Å². The van der Waals surface area contributed by atoms with Gasteiger partial charge in [0, 0.05) is 33.0 Å². The molecule has 0 unspecified atom stereocenters. The summed E-state index contributed by atoms with van der Waals surface area (Å²) in [6.45, 7) is 6.30. The minimum absolute atomic E-state index is 0.387. The van der Waals surface area contributed by atoms with E-state index < -0.39 is 60.7 Å². The summed E-state index contributed by atoms with van der Waals surface area (Å²) in [5, 5.41) is 2.97. The van der Waals surface area contributed by atoms with Gasteiger partial charge in [0.05, 0.1) is 5.66 Å². The molecule has 1 aromatic carbocycles. The van der Waals surface area contributed by atoms with Gasteiger partial charge in [-0.2, -0.15) is 0 Å². The smallest absolute Gasteiger partial charge is 0.303 e. The summed E-state index contributed by atoms with van der Waals surface area (Å²) >= 11 is 0. The van der Waals surface area contributed by atoms with Crippen LogP contribution in [-0.4, -0.2) is 53.6 Å². The second-order valence-electron chi connectivity index (χ2n) is 7.16. The Morgan fingerprint density at radius 1 is 0.833 bits per heavy atom. The number of benzene rings is 1. The van der Waals surface area contributed by atoms with Crippen molar-refractivity contribution in [1.29, 1.82) is 0 Å². The van der Waals surface area contributed by atoms with Crippen LogP contribution in [0.15, 0.2) is 30.3 Å². The van der Waals surface area contributed by atoms with Crippen LogP contribution in [0.2, 0.25) is 0 Å². The van der Waals surface area contributed by atoms with Crippen LogP contribution < -0.4 is 10.6 Å². The average Bonchev–Trinajstić information content (AvgIpc) is 2.65. The molecule has 0 saturated carbocycles. The van der Waals surface area contributed by atoms with Gasteiger partial charge in [-0.3, -0.25) is 19.2 Å². The monoisotopic (exact) mass is 439 g/mol. The summed E-state index contributed by atoms with van der Waals surface area (Å²) < 4.78 is 30.8. The molecule has 0 radical (unpaired) electrons. The zero-order valence-corrected chi connectivity index (χ0v) is 18.4. The van der Waals surface area contributed by atoms with Crippen LogP contribution >= 0.6 is 7.14 Å². The Morgan fingerprint density at radius 3 is 1.80 bits per heavy atom. The fourth-order valence-corrected chi connectivity index (χ4v) is 7.33. The minimum Gasteiger partial charge on any atom is -0.458 e. The van der Waals surface area contributed by atoms with Crippen molar-refractivity contribution < 1.29 is 38.0 Å². The van der Waals surface area contributed by atoms with Crippen LogP contribution in [0, 0.1) is 0 Å². The molecule has 1 heterocycles. The highest BCUT2D eigenvalue weighted by molar-refractivity contribution is 7.73. The molecule has 6 atom stereocenters. The van der Waals surface area contributed by atoms with E-state index in [1.54, 1.807) is 37.3 Å². The largest absolute Gasteiger partial charge is 0.458 e. The molecule has 0 aliphatic carbocycles. The average molecular weight is 439 g/mol. The molecule has 9 nitrogen and oxygen atoms in total. The lowest BCUT2D eigenvalue weighted by molar-refractivity contribution is -0.174. The van der Waals surface area contributed by atoms with Gasteiger partial charge in [0.25, 0.3) is 0 Å². The molecule has 2 rings (SSSR count). The summed E-state index contributed by atoms with van der Waals surface area (Å²) in [6.07, 6.45) is -2.35. The lowest BCUT2D eigenvalue weighted by atomic mass is 10.0. The number of hydrogen-bond acceptors (Lipinski definition) is 8. The second-order valence-corrected chi connectivity index (χ2v) is 10.4. The molecule has 1 aliphatic rings. The Kier molecular flexibility index (Phi) is 7.42. The quantitative estimate of drug-likeness (QED) is 0.414. The summed E-state index contributed by atoms with van der Waals surface area (Å²) in [5.74, 6) is -3.93. The van der Waals surface area contributed by atoms with Crippen LogP contribution in [0.3, 0.4) is 0 Å². The van der Waals surface area contributed by atoms with Gasteiger partial charge in [0.1, 0.15) is 6.04 Å². The van der Waals surface area contributed by atoms with E-state index in [2.05, 4.69) is 5.32 Å². The van der Waals surface area contributed by atoms with Gasteiger partial charge >= 0.3 is 17.9 Å². The molecule has 0 aromatic heterocycles. The number of esters is 3. The van der Waals surface area contributed by atoms with E-state index in [1.165, 1.54) is 13.8 Å². The Bertz CT molecular complexity index is 871. The van der Waals surface area contributed by atoms with Gasteiger partial charge in [0.2, 0.25) is 5.91 Å². The van der Waals surface area contributed by atoms with Gasteiger partial charge in [-0.1, -0.05) is 37.3 Å². The van der Waals surface area contributed by atoms with E-state index >= 15 is 0 Å². The molecular formula is C20H26NO8P. The van der Waals surface area contributed by atoms with Crippen molar-refractivity contribution in [1.82, 2.24) is 5.32 Å². The van der Waals surface area contributed by atoms with Crippen molar-refractivity contribution in [2.75, 3.05) is 0 Å². The van der Waals surface area contributed by atoms with Crippen molar-refractivity contribution in [3.63, 3.8) is 0 Å². The molecule has 1 saturated heterocycles. The second kappa shape index (κ2) is 9.43. The molecule has 30 heavy (non-hydrogen) atoms. The predicted octanol–water partition coefficient (Wildman–Crippen LogP) is 1.33. The van der Waals surface area contributed by atoms with Crippen LogP contribution in [0.4, 0.5) is 0 Å². The van der Waals surface area contributed by atoms with E-state index in [-0.39, 0.29) is 0 Å². The fraction of sp³-hybridized carbons (Fsp3) is 0.500. The van der Waals surface area contributed by atoms with Crippen LogP contribution in [-0.2, 0) is 38.0 Å². The maximum Gasteiger partial charge on any atom is 0.303 e. The molecule has 1 amide bonds. The van der Waals surface area contributed by atoms with E-state index in [0.29, 0.717) is 5.30 Å². The lowest BCUT2D eigenvalue weighted by Crippen LogP contribution is -2.64. The molecule has 1 aliphatic heterocycles. The number of nitrogens with one attached hydrogen (secondary N) is 1. The van der Waals surface area contributed by atoms with Crippen molar-refractivity contribution in [3.8, 4) is 0 Å². The van der Waals surface area contributed by atoms with Crippen molar-refractivity contribution in [2.45, 2.75) is 64.4 Å². The Hall–Kier alpha value is -2.67. The first-order valence-corrected chi connectivity index (χ1v) is 11.3. The highest BCUT2D eigenvalue weighted by Gasteiger charge is 2.61. The normalized spacial score (nSPS) is 30.6. The Balaban J connectivity index is 2.74. The highest BCUT2D eigenvalue weighted by atomic mass is 31.2. The third kappa shape index (κ3) is 4.90. The number of hydrogen-bond donors (Lipinski definition) is 1. The molecule has 164 valence electrons. The van der Waals surface area contributed by atoms with E-state index in [4.69, 9.17) is 14.2 Å². The summed E-state index contributed by atoms with van der Waals surface area (Å²) in [6, 6.07) is 7.15. The molecule has 1 fully saturated rings.